The number of aromatic nitrogens is 5. The van der Waals surface area contributed by atoms with Gasteiger partial charge in [0.1, 0.15) is 11.5 Å². The second kappa shape index (κ2) is 7.62. The lowest BCUT2D eigenvalue weighted by atomic mass is 10.1. The molecule has 0 atom stereocenters. The number of nitrogens with one attached hydrogen (secondary N) is 3. The van der Waals surface area contributed by atoms with Gasteiger partial charge in [0.25, 0.3) is 0 Å². The first-order chi connectivity index (χ1) is 14.6. The van der Waals surface area contributed by atoms with Gasteiger partial charge in [-0.1, -0.05) is 35.0 Å². The molecule has 3 aromatic heterocycles. The van der Waals surface area contributed by atoms with Crippen molar-refractivity contribution in [3.8, 4) is 11.3 Å². The zero-order valence-corrected chi connectivity index (χ0v) is 16.9. The highest BCUT2D eigenvalue weighted by Crippen LogP contribution is 2.39. The van der Waals surface area contributed by atoms with Crippen LogP contribution in [0.1, 0.15) is 41.5 Å². The number of aromatic amines is 1. The van der Waals surface area contributed by atoms with Gasteiger partial charge in [0.05, 0.1) is 6.54 Å². The van der Waals surface area contributed by atoms with Gasteiger partial charge < -0.3 is 15.2 Å². The third-order valence-electron chi connectivity index (χ3n) is 5.05. The van der Waals surface area contributed by atoms with Gasteiger partial charge in [0.2, 0.25) is 5.95 Å². The summed E-state index contributed by atoms with van der Waals surface area (Å²) < 4.78 is 5.46. The lowest BCUT2D eigenvalue weighted by molar-refractivity contribution is 0.390. The fourth-order valence-corrected chi connectivity index (χ4v) is 3.27. The van der Waals surface area contributed by atoms with E-state index in [0.29, 0.717) is 30.0 Å². The van der Waals surface area contributed by atoms with Gasteiger partial charge in [-0.05, 0) is 26.7 Å². The molecular weight excluding hydrogens is 378 g/mol. The number of hydrogen-bond acceptors (Lipinski definition) is 7. The van der Waals surface area contributed by atoms with E-state index in [0.717, 1.165) is 22.8 Å². The summed E-state index contributed by atoms with van der Waals surface area (Å²) in [6, 6.07) is 14.1. The van der Waals surface area contributed by atoms with E-state index in [4.69, 9.17) is 4.52 Å². The summed E-state index contributed by atoms with van der Waals surface area (Å²) in [4.78, 5) is 9.00. The van der Waals surface area contributed by atoms with Crippen LogP contribution < -0.4 is 10.6 Å². The average Bonchev–Trinajstić information content (AvgIpc) is 3.29. The van der Waals surface area contributed by atoms with Crippen LogP contribution >= 0.6 is 0 Å². The Hall–Kier alpha value is -3.68. The molecule has 3 N–H and O–H groups in total. The molecule has 0 saturated heterocycles. The maximum atomic E-state index is 5.46. The third-order valence-corrected chi connectivity index (χ3v) is 5.05. The van der Waals surface area contributed by atoms with E-state index in [9.17, 15) is 0 Å². The predicted octanol–water partition coefficient (Wildman–Crippen LogP) is 4.70. The average molecular weight is 401 g/mol. The molecule has 0 radical (unpaired) electrons. The van der Waals surface area contributed by atoms with Gasteiger partial charge in [0, 0.05) is 41.1 Å². The Labute approximate surface area is 174 Å². The van der Waals surface area contributed by atoms with Crippen molar-refractivity contribution in [1.29, 1.82) is 0 Å². The minimum absolute atomic E-state index is 0.440. The van der Waals surface area contributed by atoms with Crippen molar-refractivity contribution in [2.75, 3.05) is 10.6 Å². The summed E-state index contributed by atoms with van der Waals surface area (Å²) in [7, 11) is 0. The maximum Gasteiger partial charge on any atom is 0.225 e. The van der Waals surface area contributed by atoms with Gasteiger partial charge >= 0.3 is 0 Å². The van der Waals surface area contributed by atoms with E-state index >= 15 is 0 Å². The van der Waals surface area contributed by atoms with Crippen molar-refractivity contribution in [3.63, 3.8) is 0 Å². The second-order valence-electron chi connectivity index (χ2n) is 7.72. The molecular formula is C22H23N7O. The van der Waals surface area contributed by atoms with Gasteiger partial charge in [-0.25, -0.2) is 4.98 Å². The molecule has 1 aliphatic rings. The number of nitrogens with zero attached hydrogens (tertiary/aromatic N) is 4. The first-order valence-electron chi connectivity index (χ1n) is 10.1. The lowest BCUT2D eigenvalue weighted by Crippen LogP contribution is -2.06. The molecule has 4 aromatic rings. The van der Waals surface area contributed by atoms with E-state index < -0.39 is 0 Å². The number of anilines is 3. The van der Waals surface area contributed by atoms with Gasteiger partial charge in [-0.3, -0.25) is 5.10 Å². The molecule has 8 nitrogen and oxygen atoms in total. The van der Waals surface area contributed by atoms with Crippen LogP contribution in [-0.2, 0) is 6.54 Å². The van der Waals surface area contributed by atoms with E-state index in [1.807, 2.05) is 37.3 Å². The van der Waals surface area contributed by atoms with Crippen LogP contribution in [0.3, 0.4) is 0 Å². The molecule has 8 heteroatoms. The molecule has 5 rings (SSSR count). The zero-order chi connectivity index (χ0) is 20.5. The van der Waals surface area contributed by atoms with Crippen molar-refractivity contribution in [2.45, 2.75) is 39.2 Å². The predicted molar refractivity (Wildman–Crippen MR) is 115 cm³/mol. The Morgan fingerprint density at radius 1 is 1.03 bits per heavy atom. The third kappa shape index (κ3) is 4.17. The SMILES string of the molecule is Cc1ccc(-c2cc(CNc3nc(C)cc(Nc4cc(C5CC5)[nH]n4)n3)on2)cc1. The number of benzene rings is 1. The molecule has 1 saturated carbocycles. The van der Waals surface area contributed by atoms with E-state index in [1.54, 1.807) is 0 Å². The molecule has 0 unspecified atom stereocenters. The molecule has 0 amide bonds. The van der Waals surface area contributed by atoms with Crippen molar-refractivity contribution in [2.24, 2.45) is 0 Å². The van der Waals surface area contributed by atoms with E-state index in [2.05, 4.69) is 55.0 Å². The van der Waals surface area contributed by atoms with Crippen molar-refractivity contribution < 1.29 is 4.52 Å². The molecule has 0 aliphatic heterocycles. The first kappa shape index (κ1) is 18.4. The summed E-state index contributed by atoms with van der Waals surface area (Å²) in [5.41, 5.74) is 5.08. The molecule has 1 aromatic carbocycles. The van der Waals surface area contributed by atoms with Crippen LogP contribution in [0.5, 0.6) is 0 Å². The van der Waals surface area contributed by atoms with Crippen LogP contribution in [0, 0.1) is 13.8 Å². The second-order valence-corrected chi connectivity index (χ2v) is 7.72. The lowest BCUT2D eigenvalue weighted by Gasteiger charge is -2.07. The monoisotopic (exact) mass is 401 g/mol. The smallest absolute Gasteiger partial charge is 0.225 e. The summed E-state index contributed by atoms with van der Waals surface area (Å²) in [5, 5.41) is 18.0. The van der Waals surface area contributed by atoms with Crippen LogP contribution in [0.4, 0.5) is 17.6 Å². The Morgan fingerprint density at radius 3 is 2.67 bits per heavy atom. The molecule has 3 heterocycles. The van der Waals surface area contributed by atoms with Crippen LogP contribution in [0.25, 0.3) is 11.3 Å². The summed E-state index contributed by atoms with van der Waals surface area (Å²) >= 11 is 0. The standard InChI is InChI=1S/C22H23N7O/c1-13-3-5-16(6-4-13)19-10-17(30-29-19)12-23-22-24-14(2)9-20(26-22)25-21-11-18(27-28-21)15-7-8-15/h3-6,9-11,15H,7-8,12H2,1-2H3,(H3,23,24,25,26,27,28). The zero-order valence-electron chi connectivity index (χ0n) is 16.9. The number of hydrogen-bond donors (Lipinski definition) is 3. The Morgan fingerprint density at radius 2 is 1.87 bits per heavy atom. The van der Waals surface area contributed by atoms with Gasteiger partial charge in [-0.15, -0.1) is 0 Å². The highest BCUT2D eigenvalue weighted by atomic mass is 16.5. The van der Waals surface area contributed by atoms with E-state index in [-0.39, 0.29) is 0 Å². The maximum absolute atomic E-state index is 5.46. The molecule has 30 heavy (non-hydrogen) atoms. The van der Waals surface area contributed by atoms with Crippen LogP contribution in [0.2, 0.25) is 0 Å². The normalized spacial score (nSPS) is 13.4. The van der Waals surface area contributed by atoms with Crippen LogP contribution in [-0.4, -0.2) is 25.3 Å². The largest absolute Gasteiger partial charge is 0.359 e. The summed E-state index contributed by atoms with van der Waals surface area (Å²) in [6.07, 6.45) is 2.46. The summed E-state index contributed by atoms with van der Waals surface area (Å²) in [6.45, 7) is 4.43. The quantitative estimate of drug-likeness (QED) is 0.412. The number of aryl methyl sites for hydroxylation is 2. The minimum Gasteiger partial charge on any atom is -0.359 e. The minimum atomic E-state index is 0.440. The highest BCUT2D eigenvalue weighted by Gasteiger charge is 2.25. The number of H-pyrrole nitrogens is 1. The topological polar surface area (TPSA) is 105 Å². The fraction of sp³-hybridized carbons (Fsp3) is 0.273. The Balaban J connectivity index is 1.25. The molecule has 152 valence electrons. The first-order valence-corrected chi connectivity index (χ1v) is 10.1. The Kier molecular flexibility index (Phi) is 4.66. The summed E-state index contributed by atoms with van der Waals surface area (Å²) in [5.74, 6) is 3.31. The highest BCUT2D eigenvalue weighted by molar-refractivity contribution is 5.59. The number of rotatable bonds is 7. The van der Waals surface area contributed by atoms with Gasteiger partial charge in [-0.2, -0.15) is 10.1 Å². The molecule has 0 spiro atoms. The molecule has 1 aliphatic carbocycles. The van der Waals surface area contributed by atoms with Crippen molar-refractivity contribution in [3.05, 3.63) is 65.2 Å². The van der Waals surface area contributed by atoms with E-state index in [1.165, 1.54) is 24.1 Å². The Bertz CT molecular complexity index is 1160. The fourth-order valence-electron chi connectivity index (χ4n) is 3.27. The molecule has 0 bridgehead atoms. The van der Waals surface area contributed by atoms with Crippen LogP contribution in [0.15, 0.2) is 47.0 Å². The van der Waals surface area contributed by atoms with Crippen molar-refractivity contribution >= 4 is 17.6 Å². The molecule has 1 fully saturated rings. The van der Waals surface area contributed by atoms with Crippen molar-refractivity contribution in [1.82, 2.24) is 25.3 Å². The van der Waals surface area contributed by atoms with Gasteiger partial charge in [0.15, 0.2) is 11.6 Å².